The quantitative estimate of drug-likeness (QED) is 0.731. The van der Waals surface area contributed by atoms with E-state index in [1.807, 2.05) is 64.2 Å². The monoisotopic (exact) mass is 387 g/mol. The third kappa shape index (κ3) is 4.79. The number of aryl methyl sites for hydroxylation is 2. The molecule has 1 aromatic heterocycles. The first-order valence-electron chi connectivity index (χ1n) is 9.47. The SMILES string of the molecule is CO[C@@H](C(=O)N(Cc1cc(C)nn1C)C[C@H]1COC(C)(C)O1)c1ccccc1. The molecule has 1 amide bonds. The topological polar surface area (TPSA) is 65.8 Å². The summed E-state index contributed by atoms with van der Waals surface area (Å²) in [5.74, 6) is -0.747. The minimum Gasteiger partial charge on any atom is -0.367 e. The summed E-state index contributed by atoms with van der Waals surface area (Å²) in [4.78, 5) is 15.2. The van der Waals surface area contributed by atoms with E-state index in [2.05, 4.69) is 5.10 Å². The number of methoxy groups -OCH3 is 1. The Morgan fingerprint density at radius 1 is 1.39 bits per heavy atom. The highest BCUT2D eigenvalue weighted by atomic mass is 16.7. The maximum Gasteiger partial charge on any atom is 0.256 e. The second-order valence-corrected chi connectivity index (χ2v) is 7.60. The lowest BCUT2D eigenvalue weighted by Gasteiger charge is -2.29. The molecule has 0 N–H and O–H groups in total. The Labute approximate surface area is 166 Å². The van der Waals surface area contributed by atoms with Gasteiger partial charge in [0, 0.05) is 20.7 Å². The molecule has 0 spiro atoms. The van der Waals surface area contributed by atoms with Gasteiger partial charge in [-0.2, -0.15) is 5.10 Å². The van der Waals surface area contributed by atoms with E-state index in [-0.39, 0.29) is 12.0 Å². The third-order valence-corrected chi connectivity index (χ3v) is 4.82. The number of hydrogen-bond donors (Lipinski definition) is 0. The van der Waals surface area contributed by atoms with Gasteiger partial charge >= 0.3 is 0 Å². The Morgan fingerprint density at radius 3 is 2.64 bits per heavy atom. The fourth-order valence-electron chi connectivity index (χ4n) is 3.51. The van der Waals surface area contributed by atoms with Crippen LogP contribution in [0.15, 0.2) is 36.4 Å². The molecule has 0 saturated carbocycles. The summed E-state index contributed by atoms with van der Waals surface area (Å²) in [5.41, 5.74) is 2.69. The highest BCUT2D eigenvalue weighted by Gasteiger charge is 2.36. The second-order valence-electron chi connectivity index (χ2n) is 7.60. The van der Waals surface area contributed by atoms with E-state index < -0.39 is 11.9 Å². The molecule has 0 unspecified atom stereocenters. The van der Waals surface area contributed by atoms with Crippen LogP contribution in [0.2, 0.25) is 0 Å². The van der Waals surface area contributed by atoms with Crippen LogP contribution in [0, 0.1) is 6.92 Å². The van der Waals surface area contributed by atoms with E-state index in [9.17, 15) is 4.79 Å². The van der Waals surface area contributed by atoms with Gasteiger partial charge in [-0.25, -0.2) is 0 Å². The largest absolute Gasteiger partial charge is 0.367 e. The van der Waals surface area contributed by atoms with Crippen LogP contribution in [0.1, 0.15) is 36.9 Å². The van der Waals surface area contributed by atoms with Crippen molar-refractivity contribution in [2.45, 2.75) is 45.3 Å². The van der Waals surface area contributed by atoms with Gasteiger partial charge < -0.3 is 19.1 Å². The second kappa shape index (κ2) is 8.43. The summed E-state index contributed by atoms with van der Waals surface area (Å²) in [6.07, 6.45) is -0.868. The minimum absolute atomic E-state index is 0.110. The molecule has 1 fully saturated rings. The lowest BCUT2D eigenvalue weighted by molar-refractivity contribution is -0.152. The van der Waals surface area contributed by atoms with Crippen molar-refractivity contribution in [2.75, 3.05) is 20.3 Å². The molecule has 2 aromatic rings. The van der Waals surface area contributed by atoms with Crippen LogP contribution in [0.25, 0.3) is 0 Å². The molecule has 1 aromatic carbocycles. The third-order valence-electron chi connectivity index (χ3n) is 4.82. The van der Waals surface area contributed by atoms with Crippen molar-refractivity contribution in [2.24, 2.45) is 7.05 Å². The van der Waals surface area contributed by atoms with E-state index in [1.165, 1.54) is 0 Å². The van der Waals surface area contributed by atoms with E-state index in [4.69, 9.17) is 14.2 Å². The van der Waals surface area contributed by atoms with Crippen molar-refractivity contribution in [3.63, 3.8) is 0 Å². The molecule has 28 heavy (non-hydrogen) atoms. The van der Waals surface area contributed by atoms with E-state index in [0.29, 0.717) is 19.7 Å². The lowest BCUT2D eigenvalue weighted by Crippen LogP contribution is -2.41. The number of hydrogen-bond acceptors (Lipinski definition) is 5. The predicted molar refractivity (Wildman–Crippen MR) is 104 cm³/mol. The molecule has 1 aliphatic rings. The number of carbonyl (C=O) groups excluding carboxylic acids is 1. The zero-order valence-electron chi connectivity index (χ0n) is 17.2. The molecular formula is C21H29N3O4. The van der Waals surface area contributed by atoms with Gasteiger partial charge in [-0.05, 0) is 32.4 Å². The summed E-state index contributed by atoms with van der Waals surface area (Å²) >= 11 is 0. The number of carbonyl (C=O) groups is 1. The zero-order chi connectivity index (χ0) is 20.3. The van der Waals surface area contributed by atoms with Crippen LogP contribution >= 0.6 is 0 Å². The van der Waals surface area contributed by atoms with E-state index in [1.54, 1.807) is 16.7 Å². The van der Waals surface area contributed by atoms with Crippen molar-refractivity contribution in [3.05, 3.63) is 53.3 Å². The number of ether oxygens (including phenoxy) is 3. The maximum absolute atomic E-state index is 13.4. The van der Waals surface area contributed by atoms with Crippen LogP contribution in [0.3, 0.4) is 0 Å². The molecule has 1 saturated heterocycles. The summed E-state index contributed by atoms with van der Waals surface area (Å²) in [7, 11) is 3.44. The molecule has 7 nitrogen and oxygen atoms in total. The van der Waals surface area contributed by atoms with Gasteiger partial charge in [0.15, 0.2) is 11.9 Å². The Balaban J connectivity index is 1.83. The van der Waals surface area contributed by atoms with Crippen LogP contribution in [-0.2, 0) is 32.6 Å². The van der Waals surface area contributed by atoms with Crippen molar-refractivity contribution >= 4 is 5.91 Å². The molecule has 7 heteroatoms. The normalized spacial score (nSPS) is 19.5. The molecule has 1 aliphatic heterocycles. The van der Waals surface area contributed by atoms with Gasteiger partial charge in [0.1, 0.15) is 6.10 Å². The molecule has 2 atom stereocenters. The lowest BCUT2D eigenvalue weighted by atomic mass is 10.1. The Hall–Kier alpha value is -2.22. The summed E-state index contributed by atoms with van der Waals surface area (Å²) in [5, 5.41) is 4.39. The van der Waals surface area contributed by atoms with Crippen molar-refractivity contribution in [1.82, 2.24) is 14.7 Å². The van der Waals surface area contributed by atoms with E-state index in [0.717, 1.165) is 17.0 Å². The van der Waals surface area contributed by atoms with Gasteiger partial charge in [0.25, 0.3) is 5.91 Å². The fraction of sp³-hybridized carbons (Fsp3) is 0.524. The van der Waals surface area contributed by atoms with Crippen LogP contribution in [0.4, 0.5) is 0 Å². The van der Waals surface area contributed by atoms with Gasteiger partial charge in [-0.15, -0.1) is 0 Å². The number of rotatable bonds is 7. The van der Waals surface area contributed by atoms with Gasteiger partial charge in [0.05, 0.1) is 24.5 Å². The van der Waals surface area contributed by atoms with Gasteiger partial charge in [0.2, 0.25) is 0 Å². The first-order chi connectivity index (χ1) is 13.3. The predicted octanol–water partition coefficient (Wildman–Crippen LogP) is 2.60. The zero-order valence-corrected chi connectivity index (χ0v) is 17.2. The van der Waals surface area contributed by atoms with Crippen LogP contribution < -0.4 is 0 Å². The molecule has 0 radical (unpaired) electrons. The standard InChI is InChI=1S/C21H29N3O4/c1-15-11-17(23(4)22-15)12-24(13-18-14-27-21(2,3)28-18)20(25)19(26-5)16-9-7-6-8-10-16/h6-11,18-19H,12-14H2,1-5H3/t18-,19+/m0/s1. The van der Waals surface area contributed by atoms with Crippen molar-refractivity contribution < 1.29 is 19.0 Å². The Kier molecular flexibility index (Phi) is 6.17. The Bertz CT molecular complexity index is 803. The molecule has 0 aliphatic carbocycles. The van der Waals surface area contributed by atoms with Crippen LogP contribution in [-0.4, -0.2) is 52.7 Å². The summed E-state index contributed by atoms with van der Waals surface area (Å²) < 4.78 is 19.0. The molecule has 0 bridgehead atoms. The van der Waals surface area contributed by atoms with E-state index >= 15 is 0 Å². The highest BCUT2D eigenvalue weighted by molar-refractivity contribution is 5.82. The van der Waals surface area contributed by atoms with Crippen molar-refractivity contribution in [1.29, 1.82) is 0 Å². The van der Waals surface area contributed by atoms with Crippen LogP contribution in [0.5, 0.6) is 0 Å². The number of nitrogens with zero attached hydrogens (tertiary/aromatic N) is 3. The maximum atomic E-state index is 13.4. The number of amides is 1. The summed E-state index contributed by atoms with van der Waals surface area (Å²) in [6, 6.07) is 11.5. The summed E-state index contributed by atoms with van der Waals surface area (Å²) in [6.45, 7) is 6.98. The fourth-order valence-corrected chi connectivity index (χ4v) is 3.51. The number of benzene rings is 1. The Morgan fingerprint density at radius 2 is 2.11 bits per heavy atom. The molecule has 152 valence electrons. The highest BCUT2D eigenvalue weighted by Crippen LogP contribution is 2.26. The smallest absolute Gasteiger partial charge is 0.256 e. The number of aromatic nitrogens is 2. The van der Waals surface area contributed by atoms with Crippen molar-refractivity contribution in [3.8, 4) is 0 Å². The average Bonchev–Trinajstić information content (AvgIpc) is 3.16. The van der Waals surface area contributed by atoms with Gasteiger partial charge in [-0.3, -0.25) is 9.48 Å². The average molecular weight is 387 g/mol. The molecule has 3 rings (SSSR count). The molecule has 2 heterocycles. The first kappa shape index (κ1) is 20.5. The first-order valence-corrected chi connectivity index (χ1v) is 9.47. The van der Waals surface area contributed by atoms with Gasteiger partial charge in [-0.1, -0.05) is 30.3 Å². The minimum atomic E-state index is -0.675. The molecular weight excluding hydrogens is 358 g/mol.